The van der Waals surface area contributed by atoms with E-state index in [1.54, 1.807) is 0 Å². The zero-order chi connectivity index (χ0) is 24.4. The predicted molar refractivity (Wildman–Crippen MR) is 146 cm³/mol. The summed E-state index contributed by atoms with van der Waals surface area (Å²) in [5.74, 6) is -0.655. The maximum atomic E-state index is 10.9. The molecule has 0 aromatic rings. The summed E-state index contributed by atoms with van der Waals surface area (Å²) >= 11 is 0. The quantitative estimate of drug-likeness (QED) is 0.122. The molecule has 0 aromatic carbocycles. The van der Waals surface area contributed by atoms with E-state index in [-0.39, 0.29) is 0 Å². The van der Waals surface area contributed by atoms with Gasteiger partial charge in [-0.1, -0.05) is 129 Å². The average Bonchev–Trinajstić information content (AvgIpc) is 2.79. The number of unbranched alkanes of at least 4 members (excludes halogenated alkanes) is 18. The molecule has 3 nitrogen and oxygen atoms in total. The first-order valence-corrected chi connectivity index (χ1v) is 15.1. The largest absolute Gasteiger partial charge is 0.481 e. The van der Waals surface area contributed by atoms with Crippen LogP contribution in [0.3, 0.4) is 0 Å². The van der Waals surface area contributed by atoms with Gasteiger partial charge in [-0.15, -0.1) is 0 Å². The van der Waals surface area contributed by atoms with E-state index in [0.29, 0.717) is 12.5 Å². The summed E-state index contributed by atoms with van der Waals surface area (Å²) in [6.45, 7) is 9.28. The van der Waals surface area contributed by atoms with Gasteiger partial charge >= 0.3 is 5.97 Å². The lowest BCUT2D eigenvalue weighted by molar-refractivity contribution is -0.137. The molecule has 0 aliphatic carbocycles. The molecule has 0 aliphatic rings. The molecule has 1 unspecified atom stereocenters. The van der Waals surface area contributed by atoms with Crippen LogP contribution < -0.4 is 0 Å². The van der Waals surface area contributed by atoms with Gasteiger partial charge in [-0.05, 0) is 45.7 Å². The highest BCUT2D eigenvalue weighted by atomic mass is 16.4. The minimum Gasteiger partial charge on any atom is -0.481 e. The molecule has 0 radical (unpaired) electrons. The van der Waals surface area contributed by atoms with Crippen LogP contribution in [0.25, 0.3) is 0 Å². The summed E-state index contributed by atoms with van der Waals surface area (Å²) in [5.41, 5.74) is 0. The maximum Gasteiger partial charge on any atom is 0.303 e. The molecule has 0 aliphatic heterocycles. The Labute approximate surface area is 208 Å². The highest BCUT2D eigenvalue weighted by Gasteiger charge is 2.13. The highest BCUT2D eigenvalue weighted by molar-refractivity contribution is 5.66. The second-order valence-electron chi connectivity index (χ2n) is 10.5. The van der Waals surface area contributed by atoms with E-state index in [2.05, 4.69) is 25.7 Å². The molecule has 3 heteroatoms. The lowest BCUT2D eigenvalue weighted by atomic mass is 10.0. The number of hydrogen-bond acceptors (Lipinski definition) is 2. The van der Waals surface area contributed by atoms with Crippen molar-refractivity contribution in [3.05, 3.63) is 0 Å². The average molecular weight is 468 g/mol. The Bertz CT molecular complexity index is 375. The van der Waals surface area contributed by atoms with Gasteiger partial charge in [0.05, 0.1) is 0 Å². The summed E-state index contributed by atoms with van der Waals surface area (Å²) in [5, 5.41) is 8.96. The number of carboxylic acid groups (broad SMARTS) is 1. The molecular formula is C30H61NO2. The number of carbonyl (C=O) groups is 1. The lowest BCUT2D eigenvalue weighted by Crippen LogP contribution is -2.35. The minimum absolute atomic E-state index is 0.314. The Balaban J connectivity index is 3.96. The Kier molecular flexibility index (Phi) is 25.6. The molecular weight excluding hydrogens is 406 g/mol. The van der Waals surface area contributed by atoms with E-state index in [0.717, 1.165) is 12.8 Å². The molecule has 0 saturated carbocycles. The van der Waals surface area contributed by atoms with E-state index in [4.69, 9.17) is 5.11 Å². The van der Waals surface area contributed by atoms with Crippen molar-refractivity contribution < 1.29 is 9.90 Å². The van der Waals surface area contributed by atoms with Gasteiger partial charge in [0.1, 0.15) is 0 Å². The molecule has 0 saturated heterocycles. The van der Waals surface area contributed by atoms with Crippen molar-refractivity contribution >= 4 is 5.97 Å². The van der Waals surface area contributed by atoms with Gasteiger partial charge in [-0.2, -0.15) is 0 Å². The summed E-state index contributed by atoms with van der Waals surface area (Å²) in [7, 11) is 0. The van der Waals surface area contributed by atoms with E-state index >= 15 is 0 Å². The Morgan fingerprint density at radius 3 is 1.24 bits per heavy atom. The molecule has 33 heavy (non-hydrogen) atoms. The van der Waals surface area contributed by atoms with Gasteiger partial charge in [0, 0.05) is 12.5 Å². The number of hydrogen-bond donors (Lipinski definition) is 1. The van der Waals surface area contributed by atoms with E-state index in [9.17, 15) is 4.79 Å². The summed E-state index contributed by atoms with van der Waals surface area (Å²) < 4.78 is 0. The van der Waals surface area contributed by atoms with Crippen molar-refractivity contribution in [3.63, 3.8) is 0 Å². The van der Waals surface area contributed by atoms with Crippen molar-refractivity contribution in [3.8, 4) is 0 Å². The van der Waals surface area contributed by atoms with Crippen LogP contribution in [-0.4, -0.2) is 35.1 Å². The van der Waals surface area contributed by atoms with Gasteiger partial charge in [-0.3, -0.25) is 4.79 Å². The summed E-state index contributed by atoms with van der Waals surface area (Å²) in [6, 6.07) is 0.515. The van der Waals surface area contributed by atoms with Gasteiger partial charge in [0.15, 0.2) is 0 Å². The molecule has 0 aromatic heterocycles. The molecule has 198 valence electrons. The maximum absolute atomic E-state index is 10.9. The van der Waals surface area contributed by atoms with Crippen LogP contribution in [0.1, 0.15) is 168 Å². The fourth-order valence-corrected chi connectivity index (χ4v) is 4.89. The van der Waals surface area contributed by atoms with Crippen molar-refractivity contribution in [2.45, 2.75) is 174 Å². The monoisotopic (exact) mass is 467 g/mol. The number of aliphatic carboxylic acids is 1. The molecule has 0 fully saturated rings. The Morgan fingerprint density at radius 1 is 0.576 bits per heavy atom. The third-order valence-corrected chi connectivity index (χ3v) is 7.23. The molecule has 1 N–H and O–H groups in total. The predicted octanol–water partition coefficient (Wildman–Crippen LogP) is 9.77. The highest BCUT2D eigenvalue weighted by Crippen LogP contribution is 2.16. The van der Waals surface area contributed by atoms with Crippen molar-refractivity contribution in [1.29, 1.82) is 0 Å². The molecule has 0 heterocycles. The van der Waals surface area contributed by atoms with Crippen molar-refractivity contribution in [2.75, 3.05) is 13.1 Å². The first-order valence-electron chi connectivity index (χ1n) is 15.1. The summed E-state index contributed by atoms with van der Waals surface area (Å²) in [4.78, 5) is 13.5. The third kappa shape index (κ3) is 24.4. The van der Waals surface area contributed by atoms with E-state index < -0.39 is 5.97 Å². The van der Waals surface area contributed by atoms with Gasteiger partial charge in [0.25, 0.3) is 0 Å². The normalized spacial score (nSPS) is 12.5. The molecule has 0 amide bonds. The van der Waals surface area contributed by atoms with Crippen LogP contribution in [-0.2, 0) is 4.79 Å². The number of carboxylic acids is 1. The van der Waals surface area contributed by atoms with Crippen LogP contribution in [0.2, 0.25) is 0 Å². The molecule has 0 rings (SSSR count). The minimum atomic E-state index is -0.655. The number of rotatable bonds is 27. The van der Waals surface area contributed by atoms with Crippen molar-refractivity contribution in [1.82, 2.24) is 4.90 Å². The Hall–Kier alpha value is -0.570. The second-order valence-corrected chi connectivity index (χ2v) is 10.5. The molecule has 1 atom stereocenters. The molecule has 0 spiro atoms. The lowest BCUT2D eigenvalue weighted by Gasteiger charge is -2.29. The molecule has 0 bridgehead atoms. The zero-order valence-corrected chi connectivity index (χ0v) is 23.1. The fourth-order valence-electron chi connectivity index (χ4n) is 4.89. The van der Waals surface area contributed by atoms with Crippen LogP contribution >= 0.6 is 0 Å². The third-order valence-electron chi connectivity index (χ3n) is 7.23. The SMILES string of the molecule is CCCCCCCCCCCCN(CCCCCCCCCCCC)C(C)CCCC(=O)O. The fraction of sp³-hybridized carbons (Fsp3) is 0.967. The van der Waals surface area contributed by atoms with Crippen molar-refractivity contribution in [2.24, 2.45) is 0 Å². The van der Waals surface area contributed by atoms with Gasteiger partial charge < -0.3 is 10.0 Å². The van der Waals surface area contributed by atoms with Gasteiger partial charge in [0.2, 0.25) is 0 Å². The van der Waals surface area contributed by atoms with Crippen LogP contribution in [0, 0.1) is 0 Å². The summed E-state index contributed by atoms with van der Waals surface area (Å²) in [6.07, 6.45) is 29.9. The first kappa shape index (κ1) is 32.4. The van der Waals surface area contributed by atoms with E-state index in [1.807, 2.05) is 0 Å². The van der Waals surface area contributed by atoms with Crippen LogP contribution in [0.4, 0.5) is 0 Å². The Morgan fingerprint density at radius 2 is 0.909 bits per heavy atom. The zero-order valence-electron chi connectivity index (χ0n) is 23.1. The topological polar surface area (TPSA) is 40.5 Å². The van der Waals surface area contributed by atoms with Crippen LogP contribution in [0.5, 0.6) is 0 Å². The smallest absolute Gasteiger partial charge is 0.303 e. The standard InChI is InChI=1S/C30H61NO2/c1-4-6-8-10-12-14-16-18-20-22-27-31(29(3)25-24-26-30(32)33)28-23-21-19-17-15-13-11-9-7-5-2/h29H,4-28H2,1-3H3,(H,32,33). The first-order chi connectivity index (χ1) is 16.1. The van der Waals surface area contributed by atoms with Crippen LogP contribution in [0.15, 0.2) is 0 Å². The second kappa shape index (κ2) is 26.0. The van der Waals surface area contributed by atoms with Gasteiger partial charge in [-0.25, -0.2) is 0 Å². The van der Waals surface area contributed by atoms with E-state index in [1.165, 1.54) is 142 Å². The number of nitrogens with zero attached hydrogens (tertiary/aromatic N) is 1.